The monoisotopic (exact) mass is 246 g/mol. The normalized spacial score (nSPS) is 12.8. The minimum Gasteiger partial charge on any atom is -0.444 e. The van der Waals surface area contributed by atoms with Crippen molar-refractivity contribution in [2.24, 2.45) is 0 Å². The van der Waals surface area contributed by atoms with Gasteiger partial charge in [-0.1, -0.05) is 6.92 Å². The van der Waals surface area contributed by atoms with Gasteiger partial charge in [0.2, 0.25) is 5.91 Å². The lowest BCUT2D eigenvalue weighted by molar-refractivity contribution is -0.124. The number of ether oxygens (including phenoxy) is 2. The van der Waals surface area contributed by atoms with E-state index in [0.29, 0.717) is 6.42 Å². The molecule has 17 heavy (non-hydrogen) atoms. The number of hydrogen-bond donors (Lipinski definition) is 2. The molecule has 100 valence electrons. The maximum Gasteiger partial charge on any atom is 0.408 e. The molecule has 0 aromatic heterocycles. The molecule has 0 aromatic rings. The Bertz CT molecular complexity index is 261. The molecule has 0 radical (unpaired) electrons. The van der Waals surface area contributed by atoms with Crippen LogP contribution < -0.4 is 10.6 Å². The molecule has 0 bridgehead atoms. The van der Waals surface area contributed by atoms with Crippen LogP contribution >= 0.6 is 0 Å². The average Bonchev–Trinajstić information content (AvgIpc) is 2.19. The first-order valence-electron chi connectivity index (χ1n) is 5.56. The summed E-state index contributed by atoms with van der Waals surface area (Å²) in [5.74, 6) is -0.291. The second-order valence-corrected chi connectivity index (χ2v) is 4.58. The zero-order valence-corrected chi connectivity index (χ0v) is 11.1. The summed E-state index contributed by atoms with van der Waals surface area (Å²) in [6.07, 6.45) is -0.119. The molecule has 0 fully saturated rings. The molecule has 0 aliphatic carbocycles. The van der Waals surface area contributed by atoms with Crippen LogP contribution in [-0.2, 0) is 14.3 Å². The first kappa shape index (κ1) is 15.7. The topological polar surface area (TPSA) is 76.7 Å². The van der Waals surface area contributed by atoms with Gasteiger partial charge in [-0.05, 0) is 27.2 Å². The van der Waals surface area contributed by atoms with E-state index >= 15 is 0 Å². The van der Waals surface area contributed by atoms with E-state index in [9.17, 15) is 9.59 Å². The van der Waals surface area contributed by atoms with E-state index < -0.39 is 17.7 Å². The van der Waals surface area contributed by atoms with Crippen molar-refractivity contribution in [3.63, 3.8) is 0 Å². The van der Waals surface area contributed by atoms with Crippen LogP contribution in [0.2, 0.25) is 0 Å². The Morgan fingerprint density at radius 1 is 1.29 bits per heavy atom. The van der Waals surface area contributed by atoms with E-state index in [1.165, 1.54) is 7.11 Å². The zero-order chi connectivity index (χ0) is 13.5. The number of alkyl carbamates (subject to hydrolysis) is 1. The third-order valence-corrected chi connectivity index (χ3v) is 1.81. The highest BCUT2D eigenvalue weighted by atomic mass is 16.6. The summed E-state index contributed by atoms with van der Waals surface area (Å²) in [5, 5.41) is 5.02. The van der Waals surface area contributed by atoms with Gasteiger partial charge >= 0.3 is 6.09 Å². The fourth-order valence-electron chi connectivity index (χ4n) is 1.07. The summed E-state index contributed by atoms with van der Waals surface area (Å²) in [6, 6.07) is -0.611. The molecule has 0 aliphatic rings. The van der Waals surface area contributed by atoms with Gasteiger partial charge < -0.3 is 20.1 Å². The molecule has 0 spiro atoms. The maximum absolute atomic E-state index is 11.6. The minimum atomic E-state index is -0.611. The molecule has 6 heteroatoms. The Morgan fingerprint density at radius 3 is 2.29 bits per heavy atom. The van der Waals surface area contributed by atoms with E-state index in [1.807, 2.05) is 0 Å². The predicted molar refractivity (Wildman–Crippen MR) is 63.5 cm³/mol. The van der Waals surface area contributed by atoms with Crippen LogP contribution in [0.5, 0.6) is 0 Å². The predicted octanol–water partition coefficient (Wildman–Crippen LogP) is 1.01. The molecule has 2 amide bonds. The second-order valence-electron chi connectivity index (χ2n) is 4.58. The summed E-state index contributed by atoms with van der Waals surface area (Å²) in [6.45, 7) is 7.20. The lowest BCUT2D eigenvalue weighted by atomic mass is 10.2. The van der Waals surface area contributed by atoms with Gasteiger partial charge in [0.05, 0.1) is 0 Å². The van der Waals surface area contributed by atoms with E-state index in [0.717, 1.165) is 0 Å². The van der Waals surface area contributed by atoms with Crippen molar-refractivity contribution >= 4 is 12.0 Å². The summed E-state index contributed by atoms with van der Waals surface area (Å²) < 4.78 is 9.78. The van der Waals surface area contributed by atoms with Crippen LogP contribution in [0.15, 0.2) is 0 Å². The summed E-state index contributed by atoms with van der Waals surface area (Å²) in [5.41, 5.74) is -0.578. The largest absolute Gasteiger partial charge is 0.444 e. The Hall–Kier alpha value is -1.30. The summed E-state index contributed by atoms with van der Waals surface area (Å²) in [4.78, 5) is 23.0. The highest BCUT2D eigenvalue weighted by Crippen LogP contribution is 2.07. The van der Waals surface area contributed by atoms with E-state index in [2.05, 4.69) is 10.6 Å². The maximum atomic E-state index is 11.6. The Morgan fingerprint density at radius 2 is 1.88 bits per heavy atom. The number of nitrogens with one attached hydrogen (secondary N) is 2. The number of rotatable bonds is 5. The van der Waals surface area contributed by atoms with Gasteiger partial charge in [0, 0.05) is 7.11 Å². The number of carbonyl (C=O) groups excluding carboxylic acids is 2. The molecule has 0 aliphatic heterocycles. The number of carbonyl (C=O) groups is 2. The fraction of sp³-hybridized carbons (Fsp3) is 0.818. The molecule has 0 rings (SSSR count). The quantitative estimate of drug-likeness (QED) is 0.710. The molecule has 0 heterocycles. The zero-order valence-electron chi connectivity index (χ0n) is 11.1. The van der Waals surface area contributed by atoms with Gasteiger partial charge in [-0.25, -0.2) is 4.79 Å². The molecule has 0 saturated carbocycles. The van der Waals surface area contributed by atoms with Crippen LogP contribution in [-0.4, -0.2) is 37.5 Å². The SMILES string of the molecule is CCC(NC(=O)OC(C)(C)C)C(=O)NCOC. The fourth-order valence-corrected chi connectivity index (χ4v) is 1.07. The van der Waals surface area contributed by atoms with Crippen molar-refractivity contribution in [2.45, 2.75) is 45.8 Å². The van der Waals surface area contributed by atoms with E-state index in [4.69, 9.17) is 9.47 Å². The van der Waals surface area contributed by atoms with Gasteiger partial charge in [-0.3, -0.25) is 4.79 Å². The summed E-state index contributed by atoms with van der Waals surface area (Å²) in [7, 11) is 1.47. The van der Waals surface area contributed by atoms with Crippen molar-refractivity contribution in [1.82, 2.24) is 10.6 Å². The molecule has 0 aromatic carbocycles. The van der Waals surface area contributed by atoms with Crippen LogP contribution in [0.4, 0.5) is 4.79 Å². The number of amides is 2. The Labute approximate surface area is 102 Å². The van der Waals surface area contributed by atoms with Crippen molar-refractivity contribution < 1.29 is 19.1 Å². The van der Waals surface area contributed by atoms with E-state index in [1.54, 1.807) is 27.7 Å². The third-order valence-electron chi connectivity index (χ3n) is 1.81. The van der Waals surface area contributed by atoms with Crippen molar-refractivity contribution in [3.8, 4) is 0 Å². The minimum absolute atomic E-state index is 0.116. The van der Waals surface area contributed by atoms with Gasteiger partial charge in [-0.15, -0.1) is 0 Å². The molecule has 0 saturated heterocycles. The Balaban J connectivity index is 4.21. The van der Waals surface area contributed by atoms with Gasteiger partial charge in [-0.2, -0.15) is 0 Å². The average molecular weight is 246 g/mol. The van der Waals surface area contributed by atoms with Crippen molar-refractivity contribution in [3.05, 3.63) is 0 Å². The summed E-state index contributed by atoms with van der Waals surface area (Å²) >= 11 is 0. The molecule has 2 N–H and O–H groups in total. The number of methoxy groups -OCH3 is 1. The van der Waals surface area contributed by atoms with Crippen LogP contribution in [0.1, 0.15) is 34.1 Å². The molecular weight excluding hydrogens is 224 g/mol. The lowest BCUT2D eigenvalue weighted by Gasteiger charge is -2.22. The van der Waals surface area contributed by atoms with Crippen molar-refractivity contribution in [1.29, 1.82) is 0 Å². The molecule has 6 nitrogen and oxygen atoms in total. The van der Waals surface area contributed by atoms with Crippen LogP contribution in [0.3, 0.4) is 0 Å². The molecule has 1 unspecified atom stereocenters. The highest BCUT2D eigenvalue weighted by molar-refractivity contribution is 5.85. The first-order chi connectivity index (χ1) is 7.80. The first-order valence-corrected chi connectivity index (χ1v) is 5.56. The van der Waals surface area contributed by atoms with Crippen LogP contribution in [0, 0.1) is 0 Å². The second kappa shape index (κ2) is 7.11. The molecular formula is C11H22N2O4. The van der Waals surface area contributed by atoms with Gasteiger partial charge in [0.25, 0.3) is 0 Å². The molecule has 1 atom stereocenters. The lowest BCUT2D eigenvalue weighted by Crippen LogP contribution is -2.48. The highest BCUT2D eigenvalue weighted by Gasteiger charge is 2.22. The smallest absolute Gasteiger partial charge is 0.408 e. The third kappa shape index (κ3) is 7.57. The van der Waals surface area contributed by atoms with Crippen LogP contribution in [0.25, 0.3) is 0 Å². The number of hydrogen-bond acceptors (Lipinski definition) is 4. The Kier molecular flexibility index (Phi) is 6.57. The standard InChI is InChI=1S/C11H22N2O4/c1-6-8(9(14)12-7-16-5)13-10(15)17-11(2,3)4/h8H,6-7H2,1-5H3,(H,12,14)(H,13,15). The van der Waals surface area contributed by atoms with Gasteiger partial charge in [0.1, 0.15) is 18.4 Å². The van der Waals surface area contributed by atoms with E-state index in [-0.39, 0.29) is 12.6 Å². The van der Waals surface area contributed by atoms with Gasteiger partial charge in [0.15, 0.2) is 0 Å². The van der Waals surface area contributed by atoms with Crippen molar-refractivity contribution in [2.75, 3.05) is 13.8 Å².